The summed E-state index contributed by atoms with van der Waals surface area (Å²) >= 11 is 0. The number of nitrogens with one attached hydrogen (secondary N) is 1. The van der Waals surface area contributed by atoms with Gasteiger partial charge in [0.25, 0.3) is 0 Å². The lowest BCUT2D eigenvalue weighted by Gasteiger charge is -2.16. The average molecular weight is 300 g/mol. The first-order valence-electron chi connectivity index (χ1n) is 6.85. The number of nitrogens with zero attached hydrogens (tertiary/aromatic N) is 3. The fraction of sp³-hybridized carbons (Fsp3) is 0.188. The molecule has 2 aromatic heterocycles. The summed E-state index contributed by atoms with van der Waals surface area (Å²) in [4.78, 5) is 12.2. The first-order chi connectivity index (χ1) is 10.5. The zero-order valence-electron chi connectivity index (χ0n) is 12.1. The van der Waals surface area contributed by atoms with Crippen LogP contribution in [0.25, 0.3) is 10.9 Å². The fourth-order valence-electron chi connectivity index (χ4n) is 2.27. The third-order valence-corrected chi connectivity index (χ3v) is 3.38. The van der Waals surface area contributed by atoms with Crippen LogP contribution in [0, 0.1) is 18.7 Å². The lowest BCUT2D eigenvalue weighted by atomic mass is 10.1. The zero-order chi connectivity index (χ0) is 15.7. The summed E-state index contributed by atoms with van der Waals surface area (Å²) in [5.41, 5.74) is 1.48. The van der Waals surface area contributed by atoms with Crippen molar-refractivity contribution in [1.29, 1.82) is 0 Å². The second kappa shape index (κ2) is 5.63. The molecule has 2 heterocycles. The minimum absolute atomic E-state index is 0.116. The number of pyridine rings is 1. The number of aromatic nitrogens is 3. The molecule has 1 N–H and O–H groups in total. The number of aryl methyl sites for hydroxylation is 1. The summed E-state index contributed by atoms with van der Waals surface area (Å²) in [6.45, 7) is 3.69. The van der Waals surface area contributed by atoms with Crippen molar-refractivity contribution in [1.82, 2.24) is 15.0 Å². The Bertz CT molecular complexity index is 818. The van der Waals surface area contributed by atoms with Crippen molar-refractivity contribution in [3.05, 3.63) is 59.7 Å². The fourth-order valence-corrected chi connectivity index (χ4v) is 2.27. The predicted molar refractivity (Wildman–Crippen MR) is 80.5 cm³/mol. The topological polar surface area (TPSA) is 50.7 Å². The van der Waals surface area contributed by atoms with Gasteiger partial charge in [-0.15, -0.1) is 0 Å². The Morgan fingerprint density at radius 1 is 1.09 bits per heavy atom. The Balaban J connectivity index is 1.99. The first-order valence-corrected chi connectivity index (χ1v) is 6.85. The second-order valence-corrected chi connectivity index (χ2v) is 5.06. The van der Waals surface area contributed by atoms with Crippen molar-refractivity contribution >= 4 is 16.7 Å². The predicted octanol–water partition coefficient (Wildman–Crippen LogP) is 3.78. The van der Waals surface area contributed by atoms with Crippen molar-refractivity contribution < 1.29 is 8.78 Å². The molecule has 0 aliphatic rings. The summed E-state index contributed by atoms with van der Waals surface area (Å²) in [6, 6.07) is 7.39. The molecule has 0 fully saturated rings. The van der Waals surface area contributed by atoms with Gasteiger partial charge in [-0.1, -0.05) is 12.1 Å². The van der Waals surface area contributed by atoms with Gasteiger partial charge < -0.3 is 5.32 Å². The first kappa shape index (κ1) is 14.3. The molecule has 0 amide bonds. The monoisotopic (exact) mass is 300 g/mol. The van der Waals surface area contributed by atoms with Crippen LogP contribution >= 0.6 is 0 Å². The lowest BCUT2D eigenvalue weighted by molar-refractivity contribution is 0.586. The van der Waals surface area contributed by atoms with Crippen molar-refractivity contribution in [3.8, 4) is 0 Å². The standard InChI is InChI=1S/C16H14F2N4/c1-9(11-3-5-12(17)6-4-11)20-16-13-7-15(18)19-8-14(13)21-10(2)22-16/h3-9H,1-2H3,(H,20,21,22)/t9-/m1/s1. The van der Waals surface area contributed by atoms with E-state index in [1.165, 1.54) is 24.4 Å². The van der Waals surface area contributed by atoms with E-state index >= 15 is 0 Å². The molecule has 0 aliphatic carbocycles. The molecule has 0 spiro atoms. The van der Waals surface area contributed by atoms with Crippen LogP contribution in [0.4, 0.5) is 14.6 Å². The summed E-state index contributed by atoms with van der Waals surface area (Å²) in [7, 11) is 0. The maximum absolute atomic E-state index is 13.4. The molecule has 0 aliphatic heterocycles. The van der Waals surface area contributed by atoms with Gasteiger partial charge in [0.05, 0.1) is 11.7 Å². The quantitative estimate of drug-likeness (QED) is 0.748. The van der Waals surface area contributed by atoms with E-state index in [0.717, 1.165) is 5.56 Å². The van der Waals surface area contributed by atoms with Gasteiger partial charge in [0.15, 0.2) is 0 Å². The Labute approximate surface area is 126 Å². The molecule has 1 atom stereocenters. The molecule has 3 rings (SSSR count). The second-order valence-electron chi connectivity index (χ2n) is 5.06. The van der Waals surface area contributed by atoms with Gasteiger partial charge in [-0.05, 0) is 31.5 Å². The number of halogens is 2. The van der Waals surface area contributed by atoms with Crippen molar-refractivity contribution in [2.45, 2.75) is 19.9 Å². The number of fused-ring (bicyclic) bond motifs is 1. The van der Waals surface area contributed by atoms with Gasteiger partial charge in [-0.3, -0.25) is 0 Å². The van der Waals surface area contributed by atoms with E-state index in [9.17, 15) is 8.78 Å². The zero-order valence-corrected chi connectivity index (χ0v) is 12.1. The van der Waals surface area contributed by atoms with E-state index in [1.807, 2.05) is 6.92 Å². The third kappa shape index (κ3) is 2.86. The SMILES string of the molecule is Cc1nc(N[C@H](C)c2ccc(F)cc2)c2cc(F)ncc2n1. The molecule has 22 heavy (non-hydrogen) atoms. The van der Waals surface area contributed by atoms with E-state index in [2.05, 4.69) is 20.3 Å². The van der Waals surface area contributed by atoms with E-state index < -0.39 is 5.95 Å². The van der Waals surface area contributed by atoms with Gasteiger partial charge in [0, 0.05) is 17.5 Å². The van der Waals surface area contributed by atoms with Crippen molar-refractivity contribution in [3.63, 3.8) is 0 Å². The van der Waals surface area contributed by atoms with Crippen LogP contribution < -0.4 is 5.32 Å². The Hall–Kier alpha value is -2.63. The third-order valence-electron chi connectivity index (χ3n) is 3.38. The summed E-state index contributed by atoms with van der Waals surface area (Å²) in [5, 5.41) is 3.78. The van der Waals surface area contributed by atoms with Gasteiger partial charge in [0.2, 0.25) is 5.95 Å². The molecule has 1 aromatic carbocycles. The normalized spacial score (nSPS) is 12.4. The number of rotatable bonds is 3. The van der Waals surface area contributed by atoms with Gasteiger partial charge in [-0.2, -0.15) is 4.39 Å². The Morgan fingerprint density at radius 3 is 2.55 bits per heavy atom. The molecule has 0 unspecified atom stereocenters. The van der Waals surface area contributed by atoms with Crippen LogP contribution in [0.15, 0.2) is 36.5 Å². The van der Waals surface area contributed by atoms with Crippen molar-refractivity contribution in [2.24, 2.45) is 0 Å². The maximum Gasteiger partial charge on any atom is 0.213 e. The highest BCUT2D eigenvalue weighted by molar-refractivity contribution is 5.88. The van der Waals surface area contributed by atoms with Crippen LogP contribution in [-0.2, 0) is 0 Å². The Morgan fingerprint density at radius 2 is 1.82 bits per heavy atom. The van der Waals surface area contributed by atoms with Crippen LogP contribution in [-0.4, -0.2) is 15.0 Å². The molecule has 0 saturated heterocycles. The largest absolute Gasteiger partial charge is 0.363 e. The molecule has 0 saturated carbocycles. The number of benzene rings is 1. The number of hydrogen-bond donors (Lipinski definition) is 1. The smallest absolute Gasteiger partial charge is 0.213 e. The highest BCUT2D eigenvalue weighted by atomic mass is 19.1. The van der Waals surface area contributed by atoms with Gasteiger partial charge in [-0.25, -0.2) is 19.3 Å². The van der Waals surface area contributed by atoms with Crippen LogP contribution in [0.1, 0.15) is 24.4 Å². The van der Waals surface area contributed by atoms with Gasteiger partial charge in [0.1, 0.15) is 17.5 Å². The van der Waals surface area contributed by atoms with E-state index in [4.69, 9.17) is 0 Å². The summed E-state index contributed by atoms with van der Waals surface area (Å²) < 4.78 is 26.4. The molecule has 0 radical (unpaired) electrons. The van der Waals surface area contributed by atoms with E-state index in [1.54, 1.807) is 19.1 Å². The minimum atomic E-state index is -0.586. The number of hydrogen-bond acceptors (Lipinski definition) is 4. The molecule has 6 heteroatoms. The average Bonchev–Trinajstić information content (AvgIpc) is 2.48. The molecular formula is C16H14F2N4. The molecule has 0 bridgehead atoms. The molecule has 3 aromatic rings. The minimum Gasteiger partial charge on any atom is -0.363 e. The van der Waals surface area contributed by atoms with Crippen LogP contribution in [0.5, 0.6) is 0 Å². The lowest BCUT2D eigenvalue weighted by Crippen LogP contribution is -2.10. The highest BCUT2D eigenvalue weighted by Crippen LogP contribution is 2.25. The maximum atomic E-state index is 13.4. The van der Waals surface area contributed by atoms with Crippen LogP contribution in [0.3, 0.4) is 0 Å². The van der Waals surface area contributed by atoms with Crippen molar-refractivity contribution in [2.75, 3.05) is 5.32 Å². The van der Waals surface area contributed by atoms with Crippen LogP contribution in [0.2, 0.25) is 0 Å². The summed E-state index contributed by atoms with van der Waals surface area (Å²) in [6.07, 6.45) is 1.38. The highest BCUT2D eigenvalue weighted by Gasteiger charge is 2.12. The molecule has 4 nitrogen and oxygen atoms in total. The molecule has 112 valence electrons. The summed E-state index contributed by atoms with van der Waals surface area (Å²) in [5.74, 6) is 0.222. The van der Waals surface area contributed by atoms with E-state index in [0.29, 0.717) is 22.5 Å². The number of anilines is 1. The van der Waals surface area contributed by atoms with E-state index in [-0.39, 0.29) is 11.9 Å². The van der Waals surface area contributed by atoms with Gasteiger partial charge >= 0.3 is 0 Å². The molecular weight excluding hydrogens is 286 g/mol. The Kier molecular flexibility index (Phi) is 3.66.